The van der Waals surface area contributed by atoms with Gasteiger partial charge >= 0.3 is 6.09 Å². The van der Waals surface area contributed by atoms with E-state index in [1.54, 1.807) is 0 Å². The Morgan fingerprint density at radius 2 is 1.95 bits per heavy atom. The Bertz CT molecular complexity index is 354. The highest BCUT2D eigenvalue weighted by molar-refractivity contribution is 5.69. The van der Waals surface area contributed by atoms with Crippen LogP contribution in [0.15, 0.2) is 0 Å². The number of likely N-dealkylation sites (tertiary alicyclic amines) is 1. The minimum absolute atomic E-state index is 0.180. The van der Waals surface area contributed by atoms with Gasteiger partial charge in [0.05, 0.1) is 6.10 Å². The molecular formula is C16H30N2O3. The average molecular weight is 298 g/mol. The number of hydrogen-bond donors (Lipinski definition) is 2. The number of carbonyl (C=O) groups excluding carboxylic acids is 1. The predicted molar refractivity (Wildman–Crippen MR) is 82.2 cm³/mol. The van der Waals surface area contributed by atoms with Crippen LogP contribution in [0.5, 0.6) is 0 Å². The molecule has 3 unspecified atom stereocenters. The van der Waals surface area contributed by atoms with Crippen molar-refractivity contribution in [2.45, 2.75) is 83.1 Å². The Kier molecular flexibility index (Phi) is 5.49. The molecule has 2 fully saturated rings. The number of rotatable bonds is 3. The Balaban J connectivity index is 1.82. The quantitative estimate of drug-likeness (QED) is 0.839. The SMILES string of the molecule is CC(C)(C)OC(=O)N1CCCC1CNC1CCCCC1O. The Labute approximate surface area is 128 Å². The lowest BCUT2D eigenvalue weighted by atomic mass is 9.92. The van der Waals surface area contributed by atoms with Crippen LogP contribution in [0.2, 0.25) is 0 Å². The molecule has 3 atom stereocenters. The highest BCUT2D eigenvalue weighted by atomic mass is 16.6. The highest BCUT2D eigenvalue weighted by Gasteiger charge is 2.33. The van der Waals surface area contributed by atoms with Crippen molar-refractivity contribution in [2.75, 3.05) is 13.1 Å². The number of amides is 1. The lowest BCUT2D eigenvalue weighted by Gasteiger charge is -2.32. The maximum atomic E-state index is 12.2. The van der Waals surface area contributed by atoms with E-state index in [0.29, 0.717) is 0 Å². The molecule has 5 nitrogen and oxygen atoms in total. The third kappa shape index (κ3) is 4.85. The van der Waals surface area contributed by atoms with Crippen LogP contribution in [0, 0.1) is 0 Å². The second-order valence-corrected chi connectivity index (χ2v) is 7.34. The maximum Gasteiger partial charge on any atom is 0.410 e. The molecule has 21 heavy (non-hydrogen) atoms. The maximum absolute atomic E-state index is 12.2. The van der Waals surface area contributed by atoms with E-state index in [-0.39, 0.29) is 24.3 Å². The standard InChI is InChI=1S/C16H30N2O3/c1-16(2,3)21-15(20)18-10-6-7-12(18)11-17-13-8-4-5-9-14(13)19/h12-14,17,19H,4-11H2,1-3H3. The van der Waals surface area contributed by atoms with E-state index in [1.165, 1.54) is 6.42 Å². The van der Waals surface area contributed by atoms with Crippen molar-refractivity contribution in [1.82, 2.24) is 10.2 Å². The van der Waals surface area contributed by atoms with Crippen LogP contribution >= 0.6 is 0 Å². The molecular weight excluding hydrogens is 268 g/mol. The van der Waals surface area contributed by atoms with E-state index in [9.17, 15) is 9.90 Å². The van der Waals surface area contributed by atoms with Gasteiger partial charge in [0.1, 0.15) is 5.60 Å². The summed E-state index contributed by atoms with van der Waals surface area (Å²) in [7, 11) is 0. The molecule has 2 rings (SSSR count). The normalized spacial score (nSPS) is 30.5. The summed E-state index contributed by atoms with van der Waals surface area (Å²) in [5.41, 5.74) is -0.447. The van der Waals surface area contributed by atoms with E-state index in [0.717, 1.165) is 45.2 Å². The summed E-state index contributed by atoms with van der Waals surface area (Å²) in [5, 5.41) is 13.5. The number of aliphatic hydroxyl groups excluding tert-OH is 1. The van der Waals surface area contributed by atoms with Crippen LogP contribution in [-0.2, 0) is 4.74 Å². The van der Waals surface area contributed by atoms with E-state index in [2.05, 4.69) is 5.32 Å². The van der Waals surface area contributed by atoms with Crippen molar-refractivity contribution >= 4 is 6.09 Å². The highest BCUT2D eigenvalue weighted by Crippen LogP contribution is 2.22. The summed E-state index contributed by atoms with van der Waals surface area (Å²) in [6.45, 7) is 7.21. The smallest absolute Gasteiger partial charge is 0.410 e. The van der Waals surface area contributed by atoms with Gasteiger partial charge < -0.3 is 20.1 Å². The van der Waals surface area contributed by atoms with Crippen molar-refractivity contribution in [3.63, 3.8) is 0 Å². The summed E-state index contributed by atoms with van der Waals surface area (Å²) in [5.74, 6) is 0. The molecule has 0 aromatic carbocycles. The van der Waals surface area contributed by atoms with Crippen LogP contribution in [-0.4, -0.2) is 53.0 Å². The van der Waals surface area contributed by atoms with Crippen LogP contribution in [0.3, 0.4) is 0 Å². The van der Waals surface area contributed by atoms with Gasteiger partial charge in [-0.2, -0.15) is 0 Å². The molecule has 1 aliphatic carbocycles. The fourth-order valence-electron chi connectivity index (χ4n) is 3.25. The van der Waals surface area contributed by atoms with Crippen LogP contribution < -0.4 is 5.32 Å². The number of carbonyl (C=O) groups is 1. The minimum Gasteiger partial charge on any atom is -0.444 e. The zero-order valence-corrected chi connectivity index (χ0v) is 13.6. The first-order chi connectivity index (χ1) is 9.87. The van der Waals surface area contributed by atoms with Gasteiger partial charge in [0, 0.05) is 25.2 Å². The molecule has 0 spiro atoms. The van der Waals surface area contributed by atoms with Crippen molar-refractivity contribution in [3.8, 4) is 0 Å². The van der Waals surface area contributed by atoms with Gasteiger partial charge in [-0.15, -0.1) is 0 Å². The minimum atomic E-state index is -0.447. The largest absolute Gasteiger partial charge is 0.444 e. The second-order valence-electron chi connectivity index (χ2n) is 7.34. The molecule has 5 heteroatoms. The number of nitrogens with one attached hydrogen (secondary N) is 1. The summed E-state index contributed by atoms with van der Waals surface area (Å²) < 4.78 is 5.47. The van der Waals surface area contributed by atoms with Crippen LogP contribution in [0.25, 0.3) is 0 Å². The van der Waals surface area contributed by atoms with Crippen molar-refractivity contribution in [3.05, 3.63) is 0 Å². The average Bonchev–Trinajstić information content (AvgIpc) is 2.84. The first-order valence-electron chi connectivity index (χ1n) is 8.28. The number of ether oxygens (including phenoxy) is 1. The topological polar surface area (TPSA) is 61.8 Å². The molecule has 1 amide bonds. The van der Waals surface area contributed by atoms with Crippen molar-refractivity contribution in [1.29, 1.82) is 0 Å². The third-order valence-electron chi connectivity index (χ3n) is 4.35. The lowest BCUT2D eigenvalue weighted by molar-refractivity contribution is 0.0215. The Hall–Kier alpha value is -0.810. The Morgan fingerprint density at radius 1 is 1.24 bits per heavy atom. The molecule has 2 N–H and O–H groups in total. The molecule has 1 saturated heterocycles. The van der Waals surface area contributed by atoms with Crippen molar-refractivity contribution < 1.29 is 14.6 Å². The Morgan fingerprint density at radius 3 is 2.62 bits per heavy atom. The summed E-state index contributed by atoms with van der Waals surface area (Å²) in [4.78, 5) is 14.1. The van der Waals surface area contributed by atoms with E-state index in [4.69, 9.17) is 4.74 Å². The molecule has 1 saturated carbocycles. The van der Waals surface area contributed by atoms with Gasteiger partial charge in [-0.25, -0.2) is 4.79 Å². The molecule has 122 valence electrons. The summed E-state index contributed by atoms with van der Waals surface area (Å²) in [6, 6.07) is 0.369. The van der Waals surface area contributed by atoms with Crippen LogP contribution in [0.1, 0.15) is 59.3 Å². The van der Waals surface area contributed by atoms with Gasteiger partial charge in [-0.3, -0.25) is 0 Å². The third-order valence-corrected chi connectivity index (χ3v) is 4.35. The molecule has 0 aromatic rings. The zero-order valence-electron chi connectivity index (χ0n) is 13.6. The van der Waals surface area contributed by atoms with Gasteiger partial charge in [-0.05, 0) is 46.5 Å². The lowest BCUT2D eigenvalue weighted by Crippen LogP contribution is -2.49. The monoisotopic (exact) mass is 298 g/mol. The molecule has 1 heterocycles. The zero-order chi connectivity index (χ0) is 15.5. The first kappa shape index (κ1) is 16.6. The molecule has 2 aliphatic rings. The fraction of sp³-hybridized carbons (Fsp3) is 0.938. The van der Waals surface area contributed by atoms with E-state index in [1.807, 2.05) is 25.7 Å². The number of aliphatic hydroxyl groups is 1. The number of hydrogen-bond acceptors (Lipinski definition) is 4. The van der Waals surface area contributed by atoms with Gasteiger partial charge in [-0.1, -0.05) is 12.8 Å². The van der Waals surface area contributed by atoms with E-state index < -0.39 is 5.60 Å². The molecule has 0 bridgehead atoms. The van der Waals surface area contributed by atoms with Crippen molar-refractivity contribution in [2.24, 2.45) is 0 Å². The summed E-state index contributed by atoms with van der Waals surface area (Å²) in [6.07, 6.45) is 5.79. The van der Waals surface area contributed by atoms with E-state index >= 15 is 0 Å². The summed E-state index contributed by atoms with van der Waals surface area (Å²) >= 11 is 0. The molecule has 0 radical (unpaired) electrons. The predicted octanol–water partition coefficient (Wildman–Crippen LogP) is 2.28. The molecule has 0 aromatic heterocycles. The second kappa shape index (κ2) is 6.97. The fourth-order valence-corrected chi connectivity index (χ4v) is 3.25. The first-order valence-corrected chi connectivity index (χ1v) is 8.28. The van der Waals surface area contributed by atoms with Gasteiger partial charge in [0.25, 0.3) is 0 Å². The molecule has 1 aliphatic heterocycles. The number of nitrogens with zero attached hydrogens (tertiary/aromatic N) is 1. The van der Waals surface area contributed by atoms with Gasteiger partial charge in [0.15, 0.2) is 0 Å². The van der Waals surface area contributed by atoms with Gasteiger partial charge in [0.2, 0.25) is 0 Å². The van der Waals surface area contributed by atoms with Crippen LogP contribution in [0.4, 0.5) is 4.79 Å².